The van der Waals surface area contributed by atoms with Crippen LogP contribution in [0.4, 0.5) is 13.2 Å². The zero-order valence-electron chi connectivity index (χ0n) is 12.7. The molecule has 0 aliphatic heterocycles. The maximum Gasteiger partial charge on any atom is 0.323 e. The van der Waals surface area contributed by atoms with Crippen molar-refractivity contribution in [2.75, 3.05) is 7.11 Å². The molecule has 3 rings (SSSR count). The third kappa shape index (κ3) is 2.78. The Kier molecular flexibility index (Phi) is 3.59. The summed E-state index contributed by atoms with van der Waals surface area (Å²) in [5.74, 6) is -3.76. The zero-order chi connectivity index (χ0) is 16.9. The van der Waals surface area contributed by atoms with Gasteiger partial charge in [0.25, 0.3) is 0 Å². The number of benzene rings is 1. The molecule has 126 valence electrons. The van der Waals surface area contributed by atoms with Gasteiger partial charge in [0, 0.05) is 24.9 Å². The first-order valence-corrected chi connectivity index (χ1v) is 7.38. The van der Waals surface area contributed by atoms with Gasteiger partial charge < -0.3 is 9.84 Å². The maximum atomic E-state index is 13.8. The Morgan fingerprint density at radius 2 is 1.96 bits per heavy atom. The van der Waals surface area contributed by atoms with Crippen LogP contribution in [0.5, 0.6) is 5.75 Å². The summed E-state index contributed by atoms with van der Waals surface area (Å²) in [4.78, 5) is 11.6. The molecule has 1 spiro atoms. The highest BCUT2D eigenvalue weighted by molar-refractivity contribution is 5.80. The molecule has 1 aromatic carbocycles. The molecule has 0 atom stereocenters. The van der Waals surface area contributed by atoms with Gasteiger partial charge in [-0.25, -0.2) is 13.2 Å². The van der Waals surface area contributed by atoms with Crippen LogP contribution in [0.2, 0.25) is 0 Å². The molecule has 2 N–H and O–H groups in total. The summed E-state index contributed by atoms with van der Waals surface area (Å²) < 4.78 is 44.9. The van der Waals surface area contributed by atoms with Gasteiger partial charge in [0.05, 0.1) is 7.11 Å². The van der Waals surface area contributed by atoms with Gasteiger partial charge in [-0.05, 0) is 36.5 Å². The summed E-state index contributed by atoms with van der Waals surface area (Å²) in [6.45, 7) is 0.00179. The van der Waals surface area contributed by atoms with Crippen LogP contribution in [-0.4, -0.2) is 29.6 Å². The molecule has 4 nitrogen and oxygen atoms in total. The Hall–Kier alpha value is -1.76. The smallest absolute Gasteiger partial charge is 0.323 e. The Labute approximate surface area is 131 Å². The summed E-state index contributed by atoms with van der Waals surface area (Å²) in [5, 5.41) is 12.3. The predicted molar refractivity (Wildman–Crippen MR) is 76.0 cm³/mol. The highest BCUT2D eigenvalue weighted by Crippen LogP contribution is 2.65. The second kappa shape index (κ2) is 5.12. The number of nitrogens with one attached hydrogen (secondary N) is 1. The van der Waals surface area contributed by atoms with E-state index in [1.54, 1.807) is 0 Å². The highest BCUT2D eigenvalue weighted by atomic mass is 19.3. The lowest BCUT2D eigenvalue weighted by atomic mass is 9.47. The number of halogens is 3. The van der Waals surface area contributed by atoms with E-state index in [1.807, 2.05) is 0 Å². The molecule has 0 aromatic heterocycles. The molecule has 2 saturated carbocycles. The van der Waals surface area contributed by atoms with Gasteiger partial charge in [-0.15, -0.1) is 0 Å². The Balaban J connectivity index is 1.67. The van der Waals surface area contributed by atoms with Crippen LogP contribution in [0.3, 0.4) is 0 Å². The fraction of sp³-hybridized carbons (Fsp3) is 0.562. The number of hydrogen-bond acceptors (Lipinski definition) is 3. The molecule has 0 saturated heterocycles. The van der Waals surface area contributed by atoms with Crippen LogP contribution in [0.1, 0.15) is 31.2 Å². The van der Waals surface area contributed by atoms with Crippen LogP contribution in [-0.2, 0) is 11.3 Å². The molecule has 0 amide bonds. The van der Waals surface area contributed by atoms with Crippen LogP contribution in [0.25, 0.3) is 0 Å². The van der Waals surface area contributed by atoms with Crippen LogP contribution >= 0.6 is 0 Å². The number of carboxylic acid groups (broad SMARTS) is 1. The second-order valence-electron chi connectivity index (χ2n) is 6.76. The van der Waals surface area contributed by atoms with E-state index in [0.717, 1.165) is 0 Å². The van der Waals surface area contributed by atoms with Crippen molar-refractivity contribution < 1.29 is 27.8 Å². The maximum absolute atomic E-state index is 13.8. The lowest BCUT2D eigenvalue weighted by Crippen LogP contribution is -2.69. The molecule has 1 aromatic rings. The van der Waals surface area contributed by atoms with Crippen molar-refractivity contribution >= 4 is 5.97 Å². The highest BCUT2D eigenvalue weighted by Gasteiger charge is 2.69. The summed E-state index contributed by atoms with van der Waals surface area (Å²) >= 11 is 0. The summed E-state index contributed by atoms with van der Waals surface area (Å²) in [5.41, 5.74) is -1.56. The van der Waals surface area contributed by atoms with Gasteiger partial charge in [-0.3, -0.25) is 10.1 Å². The van der Waals surface area contributed by atoms with E-state index in [4.69, 9.17) is 4.74 Å². The van der Waals surface area contributed by atoms with E-state index in [1.165, 1.54) is 25.3 Å². The Bertz CT molecular complexity index is 631. The summed E-state index contributed by atoms with van der Waals surface area (Å²) in [7, 11) is 1.45. The van der Waals surface area contributed by atoms with E-state index in [0.29, 0.717) is 5.75 Å². The standard InChI is InChI=1S/C16H18F3NO3/c1-23-11-2-3-12(17)10(4-11)5-20-15(13(21)22)6-14(7-15)8-16(18,19)9-14/h2-4,20H,5-9H2,1H3,(H,21,22). The third-order valence-electron chi connectivity index (χ3n) is 4.90. The summed E-state index contributed by atoms with van der Waals surface area (Å²) in [6.07, 6.45) is -0.221. The molecule has 23 heavy (non-hydrogen) atoms. The van der Waals surface area contributed by atoms with Gasteiger partial charge >= 0.3 is 5.97 Å². The van der Waals surface area contributed by atoms with Gasteiger partial charge in [-0.2, -0.15) is 0 Å². The molecule has 7 heteroatoms. The Morgan fingerprint density at radius 3 is 2.48 bits per heavy atom. The summed E-state index contributed by atoms with van der Waals surface area (Å²) in [6, 6.07) is 4.21. The molecular formula is C16H18F3NO3. The molecule has 0 unspecified atom stereocenters. The SMILES string of the molecule is COc1ccc(F)c(CNC2(C(=O)O)CC3(CC(F)(F)C3)C2)c1. The van der Waals surface area contributed by atoms with E-state index in [2.05, 4.69) is 5.32 Å². The minimum absolute atomic E-state index is 0.00179. The van der Waals surface area contributed by atoms with Crippen LogP contribution < -0.4 is 10.1 Å². The minimum atomic E-state index is -2.68. The quantitative estimate of drug-likeness (QED) is 0.872. The lowest BCUT2D eigenvalue weighted by molar-refractivity contribution is -0.222. The number of aliphatic carboxylic acids is 1. The fourth-order valence-electron chi connectivity index (χ4n) is 3.95. The average molecular weight is 329 g/mol. The van der Waals surface area contributed by atoms with Crippen LogP contribution in [0.15, 0.2) is 18.2 Å². The molecule has 2 aliphatic carbocycles. The van der Waals surface area contributed by atoms with E-state index in [9.17, 15) is 23.1 Å². The van der Waals surface area contributed by atoms with Gasteiger partial charge in [0.1, 0.15) is 17.1 Å². The fourth-order valence-corrected chi connectivity index (χ4v) is 3.95. The minimum Gasteiger partial charge on any atom is -0.497 e. The zero-order valence-corrected chi connectivity index (χ0v) is 12.7. The largest absolute Gasteiger partial charge is 0.497 e. The van der Waals surface area contributed by atoms with Crippen LogP contribution in [0, 0.1) is 11.2 Å². The molecule has 0 heterocycles. The predicted octanol–water partition coefficient (Wildman–Crippen LogP) is 2.96. The number of carbonyl (C=O) groups is 1. The number of methoxy groups -OCH3 is 1. The topological polar surface area (TPSA) is 58.6 Å². The number of alkyl halides is 2. The Morgan fingerprint density at radius 1 is 1.30 bits per heavy atom. The molecule has 0 bridgehead atoms. The van der Waals surface area contributed by atoms with Crippen molar-refractivity contribution in [3.05, 3.63) is 29.6 Å². The van der Waals surface area contributed by atoms with Crippen molar-refractivity contribution in [2.24, 2.45) is 5.41 Å². The van der Waals surface area contributed by atoms with E-state index >= 15 is 0 Å². The van der Waals surface area contributed by atoms with Crippen molar-refractivity contribution in [3.8, 4) is 5.75 Å². The number of rotatable bonds is 5. The molecule has 0 radical (unpaired) electrons. The number of ether oxygens (including phenoxy) is 1. The molecule has 2 aliphatic rings. The lowest BCUT2D eigenvalue weighted by Gasteiger charge is -2.61. The first kappa shape index (κ1) is 16.1. The van der Waals surface area contributed by atoms with E-state index in [-0.39, 0.29) is 37.8 Å². The van der Waals surface area contributed by atoms with Crippen molar-refractivity contribution in [2.45, 2.75) is 43.7 Å². The van der Waals surface area contributed by atoms with Crippen molar-refractivity contribution in [3.63, 3.8) is 0 Å². The van der Waals surface area contributed by atoms with Gasteiger partial charge in [0.15, 0.2) is 0 Å². The van der Waals surface area contributed by atoms with Crippen molar-refractivity contribution in [1.29, 1.82) is 0 Å². The van der Waals surface area contributed by atoms with Gasteiger partial charge in [0.2, 0.25) is 5.92 Å². The number of carboxylic acids is 1. The molecule has 2 fully saturated rings. The second-order valence-corrected chi connectivity index (χ2v) is 6.76. The number of hydrogen-bond donors (Lipinski definition) is 2. The monoisotopic (exact) mass is 329 g/mol. The van der Waals surface area contributed by atoms with Gasteiger partial charge in [-0.1, -0.05) is 0 Å². The van der Waals surface area contributed by atoms with Crippen molar-refractivity contribution in [1.82, 2.24) is 5.32 Å². The normalized spacial score (nSPS) is 23.0. The first-order chi connectivity index (χ1) is 10.7. The average Bonchev–Trinajstić information content (AvgIpc) is 2.41. The molecular weight excluding hydrogens is 311 g/mol. The third-order valence-corrected chi connectivity index (χ3v) is 4.90. The van der Waals surface area contributed by atoms with E-state index < -0.39 is 28.7 Å². The first-order valence-electron chi connectivity index (χ1n) is 7.38.